The fourth-order valence-corrected chi connectivity index (χ4v) is 2.71. The van der Waals surface area contributed by atoms with E-state index < -0.39 is 6.10 Å². The maximum Gasteiger partial charge on any atom is 0.263 e. The highest BCUT2D eigenvalue weighted by molar-refractivity contribution is 5.83. The van der Waals surface area contributed by atoms with Crippen LogP contribution in [0.25, 0.3) is 0 Å². The maximum atomic E-state index is 12.6. The number of nitrogens with one attached hydrogen (secondary N) is 1. The molecule has 0 aliphatic carbocycles. The topological polar surface area (TPSA) is 58.6 Å². The van der Waals surface area contributed by atoms with E-state index in [0.717, 1.165) is 16.9 Å². The fraction of sp³-hybridized carbons (Fsp3) is 0.556. The lowest BCUT2D eigenvalue weighted by molar-refractivity contribution is -0.137. The van der Waals surface area contributed by atoms with E-state index in [2.05, 4.69) is 31.3 Å². The number of carbonyl (C=O) groups excluding carboxylic acids is 2. The normalized spacial score (nSPS) is 16.7. The van der Waals surface area contributed by atoms with Crippen LogP contribution in [0.5, 0.6) is 5.75 Å². The van der Waals surface area contributed by atoms with Crippen molar-refractivity contribution in [2.24, 2.45) is 0 Å². The van der Waals surface area contributed by atoms with E-state index in [9.17, 15) is 9.59 Å². The summed E-state index contributed by atoms with van der Waals surface area (Å²) in [6, 6.07) is 6.09. The van der Waals surface area contributed by atoms with E-state index in [0.29, 0.717) is 32.0 Å². The summed E-state index contributed by atoms with van der Waals surface area (Å²) in [6.07, 6.45) is -0.220. The summed E-state index contributed by atoms with van der Waals surface area (Å²) in [5.74, 6) is 1.02. The first-order valence-corrected chi connectivity index (χ1v) is 8.21. The molecule has 1 aromatic rings. The van der Waals surface area contributed by atoms with Crippen LogP contribution in [0.15, 0.2) is 18.2 Å². The van der Waals surface area contributed by atoms with Crippen LogP contribution in [0.2, 0.25) is 0 Å². The lowest BCUT2D eigenvalue weighted by Gasteiger charge is -2.25. The molecule has 1 aromatic carbocycles. The Morgan fingerprint density at radius 3 is 2.70 bits per heavy atom. The largest absolute Gasteiger partial charge is 0.481 e. The van der Waals surface area contributed by atoms with Crippen LogP contribution in [0.1, 0.15) is 44.2 Å². The minimum Gasteiger partial charge on any atom is -0.481 e. The average molecular weight is 318 g/mol. The van der Waals surface area contributed by atoms with Gasteiger partial charge in [0, 0.05) is 26.1 Å². The van der Waals surface area contributed by atoms with E-state index in [1.54, 1.807) is 11.8 Å². The Balaban J connectivity index is 2.09. The number of amides is 2. The Bertz CT molecular complexity index is 584. The first-order chi connectivity index (χ1) is 10.9. The SMILES string of the molecule is Cc1ccc(C(C)C)c(O[C@@H](C)C(=O)N2CCNC(=O)CC2)c1. The third-order valence-corrected chi connectivity index (χ3v) is 4.07. The molecule has 1 saturated heterocycles. The highest BCUT2D eigenvalue weighted by Crippen LogP contribution is 2.28. The Morgan fingerprint density at radius 2 is 2.00 bits per heavy atom. The highest BCUT2D eigenvalue weighted by Gasteiger charge is 2.25. The molecule has 1 N–H and O–H groups in total. The zero-order valence-corrected chi connectivity index (χ0v) is 14.4. The average Bonchev–Trinajstić information content (AvgIpc) is 2.71. The standard InChI is InChI=1S/C18H26N2O3/c1-12(2)15-6-5-13(3)11-16(15)23-14(4)18(22)20-9-7-17(21)19-8-10-20/h5-6,11-12,14H,7-10H2,1-4H3,(H,19,21)/t14-/m0/s1. The molecular formula is C18H26N2O3. The Labute approximate surface area is 138 Å². The molecule has 1 heterocycles. The van der Waals surface area contributed by atoms with Crippen LogP contribution in [0.3, 0.4) is 0 Å². The van der Waals surface area contributed by atoms with Crippen molar-refractivity contribution in [3.05, 3.63) is 29.3 Å². The Hall–Kier alpha value is -2.04. The molecule has 5 nitrogen and oxygen atoms in total. The molecule has 1 aliphatic rings. The van der Waals surface area contributed by atoms with Crippen molar-refractivity contribution in [2.75, 3.05) is 19.6 Å². The molecule has 1 fully saturated rings. The Morgan fingerprint density at radius 1 is 1.26 bits per heavy atom. The van der Waals surface area contributed by atoms with Crippen molar-refractivity contribution < 1.29 is 14.3 Å². The Kier molecular flexibility index (Phi) is 5.64. The summed E-state index contributed by atoms with van der Waals surface area (Å²) in [7, 11) is 0. The number of benzene rings is 1. The molecule has 0 bridgehead atoms. The van der Waals surface area contributed by atoms with Gasteiger partial charge in [0.2, 0.25) is 5.91 Å². The van der Waals surface area contributed by atoms with Crippen molar-refractivity contribution in [1.82, 2.24) is 10.2 Å². The van der Waals surface area contributed by atoms with E-state index in [4.69, 9.17) is 4.74 Å². The molecule has 0 saturated carbocycles. The second kappa shape index (κ2) is 7.49. The zero-order valence-electron chi connectivity index (χ0n) is 14.4. The molecular weight excluding hydrogens is 292 g/mol. The molecule has 2 rings (SSSR count). The molecule has 1 aliphatic heterocycles. The molecule has 0 unspecified atom stereocenters. The van der Waals surface area contributed by atoms with Gasteiger partial charge in [0.25, 0.3) is 5.91 Å². The molecule has 5 heteroatoms. The third-order valence-electron chi connectivity index (χ3n) is 4.07. The van der Waals surface area contributed by atoms with Gasteiger partial charge in [-0.15, -0.1) is 0 Å². The molecule has 126 valence electrons. The van der Waals surface area contributed by atoms with Gasteiger partial charge in [0.1, 0.15) is 5.75 Å². The van der Waals surface area contributed by atoms with Crippen LogP contribution in [0, 0.1) is 6.92 Å². The van der Waals surface area contributed by atoms with Gasteiger partial charge >= 0.3 is 0 Å². The second-order valence-electron chi connectivity index (χ2n) is 6.38. The summed E-state index contributed by atoms with van der Waals surface area (Å²) in [4.78, 5) is 25.7. The fourth-order valence-electron chi connectivity index (χ4n) is 2.71. The predicted molar refractivity (Wildman–Crippen MR) is 89.6 cm³/mol. The van der Waals surface area contributed by atoms with Gasteiger partial charge in [-0.05, 0) is 37.0 Å². The van der Waals surface area contributed by atoms with Crippen LogP contribution < -0.4 is 10.1 Å². The third kappa shape index (κ3) is 4.47. The first kappa shape index (κ1) is 17.3. The quantitative estimate of drug-likeness (QED) is 0.926. The minimum absolute atomic E-state index is 0.00495. The molecule has 2 amide bonds. The number of carbonyl (C=O) groups is 2. The summed E-state index contributed by atoms with van der Waals surface area (Å²) in [5, 5.41) is 2.78. The van der Waals surface area contributed by atoms with Crippen molar-refractivity contribution in [3.8, 4) is 5.75 Å². The first-order valence-electron chi connectivity index (χ1n) is 8.21. The zero-order chi connectivity index (χ0) is 17.0. The maximum absolute atomic E-state index is 12.6. The van der Waals surface area contributed by atoms with Crippen LogP contribution in [0.4, 0.5) is 0 Å². The highest BCUT2D eigenvalue weighted by atomic mass is 16.5. The number of hydrogen-bond donors (Lipinski definition) is 1. The second-order valence-corrected chi connectivity index (χ2v) is 6.38. The van der Waals surface area contributed by atoms with E-state index in [1.165, 1.54) is 0 Å². The van der Waals surface area contributed by atoms with Gasteiger partial charge in [-0.1, -0.05) is 26.0 Å². The van der Waals surface area contributed by atoms with Gasteiger partial charge in [0.15, 0.2) is 6.10 Å². The number of rotatable bonds is 4. The van der Waals surface area contributed by atoms with E-state index in [-0.39, 0.29) is 11.8 Å². The van der Waals surface area contributed by atoms with Crippen molar-refractivity contribution in [1.29, 1.82) is 0 Å². The number of nitrogens with zero attached hydrogens (tertiary/aromatic N) is 1. The summed E-state index contributed by atoms with van der Waals surface area (Å²) >= 11 is 0. The molecule has 0 radical (unpaired) electrons. The lowest BCUT2D eigenvalue weighted by atomic mass is 10.0. The van der Waals surface area contributed by atoms with Crippen LogP contribution >= 0.6 is 0 Å². The van der Waals surface area contributed by atoms with Gasteiger partial charge < -0.3 is 15.0 Å². The molecule has 0 aromatic heterocycles. The summed E-state index contributed by atoms with van der Waals surface area (Å²) in [5.41, 5.74) is 2.21. The summed E-state index contributed by atoms with van der Waals surface area (Å²) < 4.78 is 5.97. The van der Waals surface area contributed by atoms with Crippen LogP contribution in [-0.2, 0) is 9.59 Å². The smallest absolute Gasteiger partial charge is 0.263 e. The molecule has 1 atom stereocenters. The molecule has 0 spiro atoms. The summed E-state index contributed by atoms with van der Waals surface area (Å²) in [6.45, 7) is 9.47. The molecule has 23 heavy (non-hydrogen) atoms. The van der Waals surface area contributed by atoms with Crippen LogP contribution in [-0.4, -0.2) is 42.5 Å². The number of hydrogen-bond acceptors (Lipinski definition) is 3. The lowest BCUT2D eigenvalue weighted by Crippen LogP contribution is -2.42. The van der Waals surface area contributed by atoms with Gasteiger partial charge in [0.05, 0.1) is 0 Å². The van der Waals surface area contributed by atoms with Gasteiger partial charge in [-0.2, -0.15) is 0 Å². The van der Waals surface area contributed by atoms with E-state index >= 15 is 0 Å². The van der Waals surface area contributed by atoms with Gasteiger partial charge in [-0.3, -0.25) is 9.59 Å². The van der Waals surface area contributed by atoms with Crippen molar-refractivity contribution in [2.45, 2.75) is 46.1 Å². The van der Waals surface area contributed by atoms with Gasteiger partial charge in [-0.25, -0.2) is 0 Å². The van der Waals surface area contributed by atoms with E-state index in [1.807, 2.05) is 13.0 Å². The monoisotopic (exact) mass is 318 g/mol. The number of aryl methyl sites for hydroxylation is 1. The minimum atomic E-state index is -0.567. The number of ether oxygens (including phenoxy) is 1. The van der Waals surface area contributed by atoms with Crippen molar-refractivity contribution >= 4 is 11.8 Å². The van der Waals surface area contributed by atoms with Crippen molar-refractivity contribution in [3.63, 3.8) is 0 Å². The predicted octanol–water partition coefficient (Wildman–Crippen LogP) is 2.23.